The van der Waals surface area contributed by atoms with Crippen LogP contribution in [0, 0.1) is 5.82 Å². The summed E-state index contributed by atoms with van der Waals surface area (Å²) in [4.78, 5) is 8.82. The van der Waals surface area contributed by atoms with Gasteiger partial charge in [-0.3, -0.25) is 4.90 Å². The first kappa shape index (κ1) is 13.2. The first-order valence-corrected chi connectivity index (χ1v) is 6.45. The fraction of sp³-hybridized carbons (Fsp3) is 0.615. The average Bonchev–Trinajstić information content (AvgIpc) is 2.38. The molecule has 1 aliphatic rings. The van der Waals surface area contributed by atoms with Gasteiger partial charge in [-0.1, -0.05) is 0 Å². The summed E-state index contributed by atoms with van der Waals surface area (Å²) in [5, 5.41) is 0. The number of anilines is 1. The van der Waals surface area contributed by atoms with Crippen LogP contribution >= 0.6 is 0 Å². The van der Waals surface area contributed by atoms with Gasteiger partial charge in [0.1, 0.15) is 11.6 Å². The third-order valence-electron chi connectivity index (χ3n) is 3.47. The normalized spacial score (nSPS) is 17.5. The van der Waals surface area contributed by atoms with Gasteiger partial charge in [0.15, 0.2) is 0 Å². The summed E-state index contributed by atoms with van der Waals surface area (Å²) in [6, 6.07) is 2.05. The molecule has 4 nitrogen and oxygen atoms in total. The molecule has 2 N–H and O–H groups in total. The third-order valence-corrected chi connectivity index (χ3v) is 3.47. The van der Waals surface area contributed by atoms with E-state index in [2.05, 4.69) is 28.6 Å². The summed E-state index contributed by atoms with van der Waals surface area (Å²) in [6.07, 6.45) is 1.27. The molecule has 0 unspecified atom stereocenters. The number of aromatic nitrogens is 1. The van der Waals surface area contributed by atoms with Crippen molar-refractivity contribution in [3.05, 3.63) is 23.6 Å². The summed E-state index contributed by atoms with van der Waals surface area (Å²) in [5.74, 6) is 0.516. The molecule has 0 bridgehead atoms. The largest absolute Gasteiger partial charge is 0.354 e. The van der Waals surface area contributed by atoms with E-state index in [0.29, 0.717) is 12.6 Å². The van der Waals surface area contributed by atoms with Gasteiger partial charge in [0, 0.05) is 44.3 Å². The third kappa shape index (κ3) is 2.79. The minimum Gasteiger partial charge on any atom is -0.354 e. The molecular formula is C13H21FN4. The zero-order valence-corrected chi connectivity index (χ0v) is 11.1. The highest BCUT2D eigenvalue weighted by atomic mass is 19.1. The second-order valence-electron chi connectivity index (χ2n) is 4.96. The Bertz CT molecular complexity index is 400. The SMILES string of the molecule is CC(C)N1CCN(c2ncc(F)cc2CN)CC1. The van der Waals surface area contributed by atoms with Crippen molar-refractivity contribution in [3.63, 3.8) is 0 Å². The van der Waals surface area contributed by atoms with Gasteiger partial charge in [-0.2, -0.15) is 0 Å². The van der Waals surface area contributed by atoms with Crippen molar-refractivity contribution in [1.29, 1.82) is 0 Å². The molecular weight excluding hydrogens is 231 g/mol. The van der Waals surface area contributed by atoms with E-state index in [1.54, 1.807) is 0 Å². The molecule has 0 amide bonds. The molecule has 0 aromatic carbocycles. The molecule has 0 atom stereocenters. The predicted molar refractivity (Wildman–Crippen MR) is 71.0 cm³/mol. The van der Waals surface area contributed by atoms with Crippen molar-refractivity contribution < 1.29 is 4.39 Å². The van der Waals surface area contributed by atoms with E-state index in [-0.39, 0.29) is 5.82 Å². The van der Waals surface area contributed by atoms with Crippen LogP contribution in [0.25, 0.3) is 0 Å². The van der Waals surface area contributed by atoms with Crippen LogP contribution in [0.4, 0.5) is 10.2 Å². The van der Waals surface area contributed by atoms with Gasteiger partial charge in [-0.15, -0.1) is 0 Å². The second-order valence-corrected chi connectivity index (χ2v) is 4.96. The zero-order valence-electron chi connectivity index (χ0n) is 11.1. The van der Waals surface area contributed by atoms with Crippen molar-refractivity contribution in [3.8, 4) is 0 Å². The van der Waals surface area contributed by atoms with Crippen LogP contribution in [0.1, 0.15) is 19.4 Å². The highest BCUT2D eigenvalue weighted by molar-refractivity contribution is 5.47. The average molecular weight is 252 g/mol. The molecule has 1 aromatic rings. The Morgan fingerprint density at radius 3 is 2.56 bits per heavy atom. The predicted octanol–water partition coefficient (Wildman–Crippen LogP) is 1.21. The Balaban J connectivity index is 2.09. The van der Waals surface area contributed by atoms with E-state index in [1.165, 1.54) is 12.3 Å². The molecule has 2 heterocycles. The Morgan fingerprint density at radius 1 is 1.33 bits per heavy atom. The summed E-state index contributed by atoms with van der Waals surface area (Å²) in [6.45, 7) is 8.60. The molecule has 2 rings (SSSR count). The second kappa shape index (κ2) is 5.63. The fourth-order valence-corrected chi connectivity index (χ4v) is 2.36. The summed E-state index contributed by atoms with van der Waals surface area (Å²) in [5.41, 5.74) is 6.44. The molecule has 1 fully saturated rings. The molecule has 0 radical (unpaired) electrons. The maximum absolute atomic E-state index is 13.1. The van der Waals surface area contributed by atoms with E-state index in [1.807, 2.05) is 0 Å². The van der Waals surface area contributed by atoms with E-state index < -0.39 is 0 Å². The highest BCUT2D eigenvalue weighted by Crippen LogP contribution is 2.20. The molecule has 0 spiro atoms. The molecule has 5 heteroatoms. The van der Waals surface area contributed by atoms with Gasteiger partial charge < -0.3 is 10.6 Å². The van der Waals surface area contributed by atoms with Crippen LogP contribution in [-0.2, 0) is 6.54 Å². The molecule has 1 aliphatic heterocycles. The quantitative estimate of drug-likeness (QED) is 0.878. The van der Waals surface area contributed by atoms with Gasteiger partial charge >= 0.3 is 0 Å². The molecule has 1 saturated heterocycles. The van der Waals surface area contributed by atoms with Crippen molar-refractivity contribution >= 4 is 5.82 Å². The number of nitrogens with two attached hydrogens (primary N) is 1. The smallest absolute Gasteiger partial charge is 0.141 e. The van der Waals surface area contributed by atoms with Gasteiger partial charge in [-0.25, -0.2) is 9.37 Å². The topological polar surface area (TPSA) is 45.4 Å². The monoisotopic (exact) mass is 252 g/mol. The summed E-state index contributed by atoms with van der Waals surface area (Å²) < 4.78 is 13.1. The summed E-state index contributed by atoms with van der Waals surface area (Å²) in [7, 11) is 0. The molecule has 100 valence electrons. The van der Waals surface area contributed by atoms with Crippen LogP contribution < -0.4 is 10.6 Å². The number of piperazine rings is 1. The van der Waals surface area contributed by atoms with Gasteiger partial charge in [0.2, 0.25) is 0 Å². The van der Waals surface area contributed by atoms with E-state index >= 15 is 0 Å². The first-order valence-electron chi connectivity index (χ1n) is 6.45. The lowest BCUT2D eigenvalue weighted by Gasteiger charge is -2.38. The molecule has 0 aliphatic carbocycles. The number of halogens is 1. The fourth-order valence-electron chi connectivity index (χ4n) is 2.36. The lowest BCUT2D eigenvalue weighted by Crippen LogP contribution is -2.49. The van der Waals surface area contributed by atoms with Crippen molar-refractivity contribution in [2.45, 2.75) is 26.4 Å². The van der Waals surface area contributed by atoms with Gasteiger partial charge in [0.25, 0.3) is 0 Å². The van der Waals surface area contributed by atoms with Crippen LogP contribution in [0.15, 0.2) is 12.3 Å². The maximum atomic E-state index is 13.1. The Kier molecular flexibility index (Phi) is 4.14. The molecule has 0 saturated carbocycles. The number of nitrogens with zero attached hydrogens (tertiary/aromatic N) is 3. The number of hydrogen-bond donors (Lipinski definition) is 1. The van der Waals surface area contributed by atoms with Crippen LogP contribution in [0.3, 0.4) is 0 Å². The standard InChI is InChI=1S/C13H21FN4/c1-10(2)17-3-5-18(6-4-17)13-11(8-15)7-12(14)9-16-13/h7,9-10H,3-6,8,15H2,1-2H3. The Morgan fingerprint density at radius 2 is 2.00 bits per heavy atom. The Labute approximate surface area is 108 Å². The van der Waals surface area contributed by atoms with Crippen LogP contribution in [-0.4, -0.2) is 42.1 Å². The highest BCUT2D eigenvalue weighted by Gasteiger charge is 2.21. The number of rotatable bonds is 3. The molecule has 18 heavy (non-hydrogen) atoms. The van der Waals surface area contributed by atoms with Crippen molar-refractivity contribution in [2.24, 2.45) is 5.73 Å². The number of hydrogen-bond acceptors (Lipinski definition) is 4. The zero-order chi connectivity index (χ0) is 13.1. The number of pyridine rings is 1. The maximum Gasteiger partial charge on any atom is 0.141 e. The van der Waals surface area contributed by atoms with Crippen molar-refractivity contribution in [2.75, 3.05) is 31.1 Å². The van der Waals surface area contributed by atoms with Crippen LogP contribution in [0.5, 0.6) is 0 Å². The van der Waals surface area contributed by atoms with Gasteiger partial charge in [0.05, 0.1) is 6.20 Å². The van der Waals surface area contributed by atoms with E-state index in [0.717, 1.165) is 37.6 Å². The van der Waals surface area contributed by atoms with Gasteiger partial charge in [-0.05, 0) is 19.9 Å². The first-order chi connectivity index (χ1) is 8.61. The summed E-state index contributed by atoms with van der Waals surface area (Å²) >= 11 is 0. The van der Waals surface area contributed by atoms with Crippen molar-refractivity contribution in [1.82, 2.24) is 9.88 Å². The minimum atomic E-state index is -0.319. The van der Waals surface area contributed by atoms with E-state index in [4.69, 9.17) is 5.73 Å². The lowest BCUT2D eigenvalue weighted by molar-refractivity contribution is 0.209. The van der Waals surface area contributed by atoms with Crippen LogP contribution in [0.2, 0.25) is 0 Å². The lowest BCUT2D eigenvalue weighted by atomic mass is 10.2. The minimum absolute atomic E-state index is 0.319. The Hall–Kier alpha value is -1.20. The van der Waals surface area contributed by atoms with E-state index in [9.17, 15) is 4.39 Å². The molecule has 1 aromatic heterocycles.